The van der Waals surface area contributed by atoms with E-state index in [0.29, 0.717) is 0 Å². The van der Waals surface area contributed by atoms with Gasteiger partial charge in [-0.15, -0.1) is 0 Å². The molecule has 2 rings (SSSR count). The predicted molar refractivity (Wildman–Crippen MR) is 78.0 cm³/mol. The minimum Gasteiger partial charge on any atom is -0.497 e. The first kappa shape index (κ1) is 14.8. The van der Waals surface area contributed by atoms with Crippen molar-refractivity contribution in [1.82, 2.24) is 9.13 Å². The highest BCUT2D eigenvalue weighted by Gasteiger charge is 2.12. The molecule has 6 nitrogen and oxygen atoms in total. The molecule has 0 aliphatic carbocycles. The van der Waals surface area contributed by atoms with Crippen molar-refractivity contribution in [2.45, 2.75) is 13.5 Å². The number of ketones is 1. The lowest BCUT2D eigenvalue weighted by molar-refractivity contribution is 0.101. The second-order valence-electron chi connectivity index (χ2n) is 4.72. The third-order valence-electron chi connectivity index (χ3n) is 3.24. The zero-order valence-electron chi connectivity index (χ0n) is 12.1. The molecule has 0 unspecified atom stereocenters. The minimum atomic E-state index is -0.571. The van der Waals surface area contributed by atoms with Crippen molar-refractivity contribution in [1.29, 1.82) is 0 Å². The van der Waals surface area contributed by atoms with Gasteiger partial charge in [-0.2, -0.15) is 0 Å². The molecule has 0 spiro atoms. The lowest BCUT2D eigenvalue weighted by Crippen LogP contribution is -2.40. The lowest BCUT2D eigenvalue weighted by Gasteiger charge is -2.10. The zero-order chi connectivity index (χ0) is 15.6. The molecule has 0 N–H and O–H groups in total. The highest BCUT2D eigenvalue weighted by atomic mass is 16.5. The standard InChI is InChI=1S/C15H16N2O4/c1-10(18)13-9-17(15(20)16(2)14(13)19)8-11-4-6-12(21-3)7-5-11/h4-7,9H,8H2,1-3H3. The number of nitrogens with zero attached hydrogens (tertiary/aromatic N) is 2. The van der Waals surface area contributed by atoms with E-state index in [-0.39, 0.29) is 17.9 Å². The molecule has 0 atom stereocenters. The van der Waals surface area contributed by atoms with Gasteiger partial charge in [0.2, 0.25) is 0 Å². The van der Waals surface area contributed by atoms with Crippen molar-refractivity contribution in [3.63, 3.8) is 0 Å². The van der Waals surface area contributed by atoms with Gasteiger partial charge in [-0.1, -0.05) is 12.1 Å². The minimum absolute atomic E-state index is 0.00520. The topological polar surface area (TPSA) is 70.3 Å². The predicted octanol–water partition coefficient (Wildman–Crippen LogP) is 0.806. The third kappa shape index (κ3) is 2.94. The van der Waals surface area contributed by atoms with Crippen LogP contribution in [0.15, 0.2) is 40.1 Å². The summed E-state index contributed by atoms with van der Waals surface area (Å²) in [6.07, 6.45) is 1.32. The number of hydrogen-bond donors (Lipinski definition) is 0. The van der Waals surface area contributed by atoms with E-state index in [4.69, 9.17) is 4.74 Å². The number of carbonyl (C=O) groups is 1. The van der Waals surface area contributed by atoms with Crippen LogP contribution in [0.4, 0.5) is 0 Å². The van der Waals surface area contributed by atoms with Crippen LogP contribution < -0.4 is 16.0 Å². The van der Waals surface area contributed by atoms with E-state index in [2.05, 4.69) is 0 Å². The van der Waals surface area contributed by atoms with Crippen molar-refractivity contribution in [2.24, 2.45) is 7.05 Å². The Hall–Kier alpha value is -2.63. The highest BCUT2D eigenvalue weighted by molar-refractivity contribution is 5.93. The number of carbonyl (C=O) groups excluding carboxylic acids is 1. The normalized spacial score (nSPS) is 10.4. The summed E-state index contributed by atoms with van der Waals surface area (Å²) in [4.78, 5) is 35.4. The Morgan fingerprint density at radius 1 is 1.19 bits per heavy atom. The summed E-state index contributed by atoms with van der Waals surface area (Å²) in [5.41, 5.74) is -0.157. The van der Waals surface area contributed by atoms with Crippen molar-refractivity contribution in [3.8, 4) is 5.75 Å². The lowest BCUT2D eigenvalue weighted by atomic mass is 10.2. The van der Waals surface area contributed by atoms with Crippen LogP contribution in [-0.2, 0) is 13.6 Å². The fourth-order valence-corrected chi connectivity index (χ4v) is 2.01. The Kier molecular flexibility index (Phi) is 4.07. The van der Waals surface area contributed by atoms with Crippen LogP contribution in [0.1, 0.15) is 22.8 Å². The molecule has 2 aromatic rings. The molecule has 0 bridgehead atoms. The number of benzene rings is 1. The molecular weight excluding hydrogens is 272 g/mol. The van der Waals surface area contributed by atoms with E-state index < -0.39 is 11.2 Å². The van der Waals surface area contributed by atoms with Crippen LogP contribution in [0.3, 0.4) is 0 Å². The SMILES string of the molecule is COc1ccc(Cn2cc(C(C)=O)c(=O)n(C)c2=O)cc1. The second kappa shape index (κ2) is 5.78. The molecule has 21 heavy (non-hydrogen) atoms. The second-order valence-corrected chi connectivity index (χ2v) is 4.72. The van der Waals surface area contributed by atoms with Gasteiger partial charge in [-0.3, -0.25) is 18.7 Å². The maximum Gasteiger partial charge on any atom is 0.331 e. The molecule has 0 saturated heterocycles. The summed E-state index contributed by atoms with van der Waals surface area (Å²) in [7, 11) is 2.94. The number of hydrogen-bond acceptors (Lipinski definition) is 4. The van der Waals surface area contributed by atoms with E-state index in [1.165, 1.54) is 24.7 Å². The Morgan fingerprint density at radius 3 is 2.33 bits per heavy atom. The fourth-order valence-electron chi connectivity index (χ4n) is 2.01. The molecule has 0 aliphatic rings. The van der Waals surface area contributed by atoms with Crippen LogP contribution in [0.25, 0.3) is 0 Å². The van der Waals surface area contributed by atoms with E-state index in [0.717, 1.165) is 15.9 Å². The summed E-state index contributed by atoms with van der Waals surface area (Å²) >= 11 is 0. The maximum absolute atomic E-state index is 12.1. The average molecular weight is 288 g/mol. The Morgan fingerprint density at radius 2 is 1.81 bits per heavy atom. The summed E-state index contributed by atoms with van der Waals surface area (Å²) in [6, 6.07) is 7.22. The Bertz CT molecular complexity index is 785. The highest BCUT2D eigenvalue weighted by Crippen LogP contribution is 2.11. The number of aromatic nitrogens is 2. The van der Waals surface area contributed by atoms with Gasteiger partial charge >= 0.3 is 5.69 Å². The molecule has 1 heterocycles. The smallest absolute Gasteiger partial charge is 0.331 e. The molecule has 0 fully saturated rings. The van der Waals surface area contributed by atoms with Crippen LogP contribution in [0, 0.1) is 0 Å². The van der Waals surface area contributed by atoms with E-state index in [9.17, 15) is 14.4 Å². The average Bonchev–Trinajstić information content (AvgIpc) is 2.48. The summed E-state index contributed by atoms with van der Waals surface area (Å²) in [5.74, 6) is 0.357. The molecule has 1 aromatic carbocycles. The van der Waals surface area contributed by atoms with Crippen LogP contribution in [0.5, 0.6) is 5.75 Å². The van der Waals surface area contributed by atoms with Gasteiger partial charge in [0.05, 0.1) is 19.2 Å². The van der Waals surface area contributed by atoms with Crippen molar-refractivity contribution < 1.29 is 9.53 Å². The summed E-state index contributed by atoms with van der Waals surface area (Å²) < 4.78 is 7.36. The summed E-state index contributed by atoms with van der Waals surface area (Å²) in [5, 5.41) is 0. The molecule has 0 radical (unpaired) electrons. The van der Waals surface area contributed by atoms with Gasteiger partial charge in [-0.05, 0) is 24.6 Å². The van der Waals surface area contributed by atoms with Gasteiger partial charge in [0.25, 0.3) is 5.56 Å². The first-order chi connectivity index (χ1) is 9.93. The van der Waals surface area contributed by atoms with Gasteiger partial charge in [0.1, 0.15) is 5.75 Å². The zero-order valence-corrected chi connectivity index (χ0v) is 12.1. The number of ether oxygens (including phenoxy) is 1. The molecule has 0 saturated carbocycles. The quantitative estimate of drug-likeness (QED) is 0.781. The Labute approximate surface area is 121 Å². The molecular formula is C15H16N2O4. The van der Waals surface area contributed by atoms with Crippen molar-refractivity contribution in [2.75, 3.05) is 7.11 Å². The largest absolute Gasteiger partial charge is 0.497 e. The fraction of sp³-hybridized carbons (Fsp3) is 0.267. The molecule has 0 aliphatic heterocycles. The van der Waals surface area contributed by atoms with Gasteiger partial charge in [0, 0.05) is 13.2 Å². The van der Waals surface area contributed by atoms with Crippen molar-refractivity contribution >= 4 is 5.78 Å². The monoisotopic (exact) mass is 288 g/mol. The first-order valence-electron chi connectivity index (χ1n) is 6.38. The van der Waals surface area contributed by atoms with Crippen molar-refractivity contribution in [3.05, 3.63) is 62.4 Å². The summed E-state index contributed by atoms with van der Waals surface area (Å²) in [6.45, 7) is 1.58. The van der Waals surface area contributed by atoms with Gasteiger partial charge < -0.3 is 4.74 Å². The number of Topliss-reactive ketones (excluding diaryl/α,β-unsaturated/α-hetero) is 1. The van der Waals surface area contributed by atoms with Gasteiger partial charge in [-0.25, -0.2) is 4.79 Å². The number of rotatable bonds is 4. The number of methoxy groups -OCH3 is 1. The van der Waals surface area contributed by atoms with Crippen LogP contribution in [0.2, 0.25) is 0 Å². The Balaban J connectivity index is 2.46. The van der Waals surface area contributed by atoms with E-state index in [1.807, 2.05) is 12.1 Å². The molecule has 1 aromatic heterocycles. The van der Waals surface area contributed by atoms with E-state index in [1.54, 1.807) is 19.2 Å². The van der Waals surface area contributed by atoms with Crippen LogP contribution >= 0.6 is 0 Å². The molecule has 0 amide bonds. The molecule has 110 valence electrons. The third-order valence-corrected chi connectivity index (χ3v) is 3.24. The molecule has 6 heteroatoms. The maximum atomic E-state index is 12.1. The first-order valence-corrected chi connectivity index (χ1v) is 6.38. The van der Waals surface area contributed by atoms with Crippen LogP contribution in [-0.4, -0.2) is 22.0 Å². The van der Waals surface area contributed by atoms with Gasteiger partial charge in [0.15, 0.2) is 5.78 Å². The van der Waals surface area contributed by atoms with E-state index >= 15 is 0 Å².